The van der Waals surface area contributed by atoms with Crippen molar-refractivity contribution in [2.75, 3.05) is 52.1 Å². The fourth-order valence-electron chi connectivity index (χ4n) is 2.11. The molecule has 0 saturated carbocycles. The maximum Gasteiger partial charge on any atom is 0.339 e. The smallest absolute Gasteiger partial charge is 0.339 e. The number of nitrogens with zero attached hydrogens (tertiary/aromatic N) is 2. The van der Waals surface area contributed by atoms with Crippen molar-refractivity contribution in [3.05, 3.63) is 28.8 Å². The number of nitrogen functional groups attached to an aromatic ring is 1. The maximum absolute atomic E-state index is 11.9. The third-order valence-corrected chi connectivity index (χ3v) is 3.76. The van der Waals surface area contributed by atoms with Crippen LogP contribution in [0.1, 0.15) is 10.4 Å². The molecule has 20 heavy (non-hydrogen) atoms. The van der Waals surface area contributed by atoms with Crippen molar-refractivity contribution >= 4 is 23.3 Å². The van der Waals surface area contributed by atoms with E-state index in [0.717, 1.165) is 32.7 Å². The lowest BCUT2D eigenvalue weighted by Crippen LogP contribution is -2.45. The molecule has 0 spiro atoms. The van der Waals surface area contributed by atoms with Gasteiger partial charge >= 0.3 is 5.97 Å². The fraction of sp³-hybridized carbons (Fsp3) is 0.500. The summed E-state index contributed by atoms with van der Waals surface area (Å²) < 4.78 is 5.26. The van der Waals surface area contributed by atoms with Gasteiger partial charge in [-0.1, -0.05) is 11.6 Å². The van der Waals surface area contributed by atoms with Gasteiger partial charge in [-0.3, -0.25) is 4.90 Å². The number of halogens is 1. The van der Waals surface area contributed by atoms with Crippen LogP contribution in [0.2, 0.25) is 5.02 Å². The lowest BCUT2D eigenvalue weighted by atomic mass is 10.2. The first-order valence-corrected chi connectivity index (χ1v) is 7.07. The molecule has 1 aliphatic heterocycles. The van der Waals surface area contributed by atoms with E-state index in [9.17, 15) is 4.79 Å². The van der Waals surface area contributed by atoms with Crippen LogP contribution in [0.5, 0.6) is 0 Å². The quantitative estimate of drug-likeness (QED) is 0.671. The minimum Gasteiger partial charge on any atom is -0.461 e. The molecular weight excluding hydrogens is 278 g/mol. The van der Waals surface area contributed by atoms with Crippen LogP contribution >= 0.6 is 11.6 Å². The van der Waals surface area contributed by atoms with Gasteiger partial charge in [0.1, 0.15) is 6.61 Å². The van der Waals surface area contributed by atoms with Crippen molar-refractivity contribution in [1.82, 2.24) is 9.80 Å². The van der Waals surface area contributed by atoms with E-state index in [2.05, 4.69) is 16.8 Å². The molecule has 1 aromatic rings. The van der Waals surface area contributed by atoms with E-state index in [-0.39, 0.29) is 0 Å². The van der Waals surface area contributed by atoms with E-state index in [0.29, 0.717) is 22.9 Å². The molecule has 0 aliphatic carbocycles. The number of hydrogen-bond donors (Lipinski definition) is 1. The molecule has 0 atom stereocenters. The number of carbonyl (C=O) groups excluding carboxylic acids is 1. The summed E-state index contributed by atoms with van der Waals surface area (Å²) in [5.74, 6) is -0.399. The van der Waals surface area contributed by atoms with E-state index in [1.807, 2.05) is 0 Å². The molecule has 5 nitrogen and oxygen atoms in total. The predicted octanol–water partition coefficient (Wildman–Crippen LogP) is 1.33. The normalized spacial score (nSPS) is 17.1. The van der Waals surface area contributed by atoms with Gasteiger partial charge in [-0.25, -0.2) is 4.79 Å². The Kier molecular flexibility index (Phi) is 5.23. The number of carbonyl (C=O) groups is 1. The summed E-state index contributed by atoms with van der Waals surface area (Å²) in [4.78, 5) is 16.5. The molecule has 1 aliphatic rings. The maximum atomic E-state index is 11.9. The van der Waals surface area contributed by atoms with Crippen molar-refractivity contribution in [2.24, 2.45) is 0 Å². The number of benzene rings is 1. The van der Waals surface area contributed by atoms with Crippen LogP contribution in [-0.4, -0.2) is 62.1 Å². The standard InChI is InChI=1S/C14H20ClN3O2/c1-17-4-6-18(7-5-17)8-9-20-14(19)12-3-2-11(16)10-13(12)15/h2-3,10H,4-9,16H2,1H3. The zero-order valence-electron chi connectivity index (χ0n) is 11.6. The molecule has 1 saturated heterocycles. The molecule has 6 heteroatoms. The Bertz CT molecular complexity index is 473. The van der Waals surface area contributed by atoms with Crippen molar-refractivity contribution in [3.63, 3.8) is 0 Å². The first-order chi connectivity index (χ1) is 9.56. The highest BCUT2D eigenvalue weighted by Crippen LogP contribution is 2.19. The number of hydrogen-bond acceptors (Lipinski definition) is 5. The van der Waals surface area contributed by atoms with Crippen LogP contribution in [0, 0.1) is 0 Å². The average Bonchev–Trinajstić information content (AvgIpc) is 2.41. The Labute approximate surface area is 124 Å². The summed E-state index contributed by atoms with van der Waals surface area (Å²) in [6, 6.07) is 4.79. The Morgan fingerprint density at radius 2 is 2.05 bits per heavy atom. The first-order valence-electron chi connectivity index (χ1n) is 6.69. The van der Waals surface area contributed by atoms with Crippen molar-refractivity contribution in [1.29, 1.82) is 0 Å². The zero-order chi connectivity index (χ0) is 14.5. The Morgan fingerprint density at radius 3 is 2.70 bits per heavy atom. The number of rotatable bonds is 4. The second kappa shape index (κ2) is 6.92. The van der Waals surface area contributed by atoms with Gasteiger partial charge < -0.3 is 15.4 Å². The predicted molar refractivity (Wildman–Crippen MR) is 80.1 cm³/mol. The minimum absolute atomic E-state index is 0.328. The molecule has 0 aromatic heterocycles. The summed E-state index contributed by atoms with van der Waals surface area (Å²) in [7, 11) is 2.11. The molecule has 0 unspecified atom stereocenters. The summed E-state index contributed by atoms with van der Waals surface area (Å²) in [6.07, 6.45) is 0. The van der Waals surface area contributed by atoms with Gasteiger partial charge in [0.2, 0.25) is 0 Å². The van der Waals surface area contributed by atoms with Crippen LogP contribution in [0.25, 0.3) is 0 Å². The molecule has 0 bridgehead atoms. The van der Waals surface area contributed by atoms with E-state index in [1.165, 1.54) is 0 Å². The van der Waals surface area contributed by atoms with Crippen molar-refractivity contribution < 1.29 is 9.53 Å². The topological polar surface area (TPSA) is 58.8 Å². The third kappa shape index (κ3) is 4.10. The molecular formula is C14H20ClN3O2. The molecule has 2 N–H and O–H groups in total. The van der Waals surface area contributed by atoms with Crippen LogP contribution in [-0.2, 0) is 4.74 Å². The van der Waals surface area contributed by atoms with Gasteiger partial charge in [-0.2, -0.15) is 0 Å². The lowest BCUT2D eigenvalue weighted by molar-refractivity contribution is 0.0432. The van der Waals surface area contributed by atoms with Gasteiger partial charge in [0.15, 0.2) is 0 Å². The van der Waals surface area contributed by atoms with E-state index in [1.54, 1.807) is 18.2 Å². The molecule has 110 valence electrons. The Balaban J connectivity index is 1.77. The summed E-state index contributed by atoms with van der Waals surface area (Å²) >= 11 is 5.97. The third-order valence-electron chi connectivity index (χ3n) is 3.45. The van der Waals surface area contributed by atoms with Crippen LogP contribution in [0.3, 0.4) is 0 Å². The second-order valence-corrected chi connectivity index (χ2v) is 5.43. The summed E-state index contributed by atoms with van der Waals surface area (Å²) in [5.41, 5.74) is 6.48. The van der Waals surface area contributed by atoms with Crippen LogP contribution in [0.4, 0.5) is 5.69 Å². The van der Waals surface area contributed by atoms with Crippen LogP contribution in [0.15, 0.2) is 18.2 Å². The average molecular weight is 298 g/mol. The number of anilines is 1. The van der Waals surface area contributed by atoms with Gasteiger partial charge in [0.05, 0.1) is 10.6 Å². The van der Waals surface area contributed by atoms with E-state index in [4.69, 9.17) is 22.1 Å². The highest BCUT2D eigenvalue weighted by Gasteiger charge is 2.15. The van der Waals surface area contributed by atoms with Crippen molar-refractivity contribution in [3.8, 4) is 0 Å². The monoisotopic (exact) mass is 297 g/mol. The number of ether oxygens (including phenoxy) is 1. The molecule has 0 amide bonds. The van der Waals surface area contributed by atoms with Gasteiger partial charge in [0, 0.05) is 38.4 Å². The number of esters is 1. The zero-order valence-corrected chi connectivity index (χ0v) is 12.4. The molecule has 1 fully saturated rings. The number of nitrogens with two attached hydrogens (primary N) is 1. The van der Waals surface area contributed by atoms with Crippen LogP contribution < -0.4 is 5.73 Å². The summed E-state index contributed by atoms with van der Waals surface area (Å²) in [6.45, 7) is 5.26. The Hall–Kier alpha value is -1.30. The second-order valence-electron chi connectivity index (χ2n) is 5.02. The molecule has 1 aromatic carbocycles. The molecule has 0 radical (unpaired) electrons. The first kappa shape index (κ1) is 15.1. The molecule has 1 heterocycles. The van der Waals surface area contributed by atoms with Gasteiger partial charge in [0.25, 0.3) is 0 Å². The van der Waals surface area contributed by atoms with E-state index >= 15 is 0 Å². The van der Waals surface area contributed by atoms with Gasteiger partial charge in [-0.05, 0) is 25.2 Å². The number of piperazine rings is 1. The fourth-order valence-corrected chi connectivity index (χ4v) is 2.38. The highest BCUT2D eigenvalue weighted by atomic mass is 35.5. The van der Waals surface area contributed by atoms with Crippen molar-refractivity contribution in [2.45, 2.75) is 0 Å². The minimum atomic E-state index is -0.399. The van der Waals surface area contributed by atoms with E-state index < -0.39 is 5.97 Å². The Morgan fingerprint density at radius 1 is 1.35 bits per heavy atom. The largest absolute Gasteiger partial charge is 0.461 e. The highest BCUT2D eigenvalue weighted by molar-refractivity contribution is 6.33. The lowest BCUT2D eigenvalue weighted by Gasteiger charge is -2.32. The summed E-state index contributed by atoms with van der Waals surface area (Å²) in [5, 5.41) is 0.328. The number of likely N-dealkylation sites (N-methyl/N-ethyl adjacent to an activating group) is 1. The SMILES string of the molecule is CN1CCN(CCOC(=O)c2ccc(N)cc2Cl)CC1. The molecule has 2 rings (SSSR count). The van der Waals surface area contributed by atoms with Gasteiger partial charge in [-0.15, -0.1) is 0 Å².